The topological polar surface area (TPSA) is 88.2 Å². The molecule has 2 N–H and O–H groups in total. The number of thiazole rings is 1. The molecule has 1 saturated carbocycles. The van der Waals surface area contributed by atoms with Gasteiger partial charge >= 0.3 is 0 Å². The average molecular weight is 442 g/mol. The molecule has 0 atom stereocenters. The van der Waals surface area contributed by atoms with E-state index in [4.69, 9.17) is 0 Å². The number of hydrogen-bond acceptors (Lipinski definition) is 5. The fourth-order valence-corrected chi connectivity index (χ4v) is 5.41. The van der Waals surface area contributed by atoms with E-state index >= 15 is 0 Å². The quantitative estimate of drug-likeness (QED) is 0.579. The van der Waals surface area contributed by atoms with Gasteiger partial charge in [-0.05, 0) is 44.9 Å². The number of sulfonamides is 1. The summed E-state index contributed by atoms with van der Waals surface area (Å²) in [5.41, 5.74) is 3.41. The Morgan fingerprint density at radius 2 is 1.87 bits per heavy atom. The smallest absolute Gasteiger partial charge is 0.240 e. The van der Waals surface area contributed by atoms with E-state index in [1.165, 1.54) is 23.5 Å². The van der Waals surface area contributed by atoms with Crippen LogP contribution in [0.15, 0.2) is 53.4 Å². The summed E-state index contributed by atoms with van der Waals surface area (Å²) in [6.07, 6.45) is 1.91. The Morgan fingerprint density at radius 3 is 2.57 bits per heavy atom. The normalized spacial score (nSPS) is 13.9. The summed E-state index contributed by atoms with van der Waals surface area (Å²) in [6, 6.07) is 14.4. The van der Waals surface area contributed by atoms with Crippen molar-refractivity contribution in [2.75, 3.05) is 5.32 Å². The molecule has 6 nitrogen and oxygen atoms in total. The molecule has 8 heteroatoms. The fourth-order valence-electron chi connectivity index (χ4n) is 3.11. The molecular weight excluding hydrogens is 418 g/mol. The first kappa shape index (κ1) is 20.7. The number of nitrogens with one attached hydrogen (secondary N) is 2. The molecule has 2 aromatic carbocycles. The van der Waals surface area contributed by atoms with Crippen LogP contribution < -0.4 is 10.0 Å². The average Bonchev–Trinajstić information content (AvgIpc) is 3.42. The standard InChI is InChI=1S/C22H23N3O3S2/c1-14-6-8-16(9-7-14)22-20(29-15(2)23-22)13-21(26)24-18-4-3-5-19(12-18)30(27,28)25-17-10-11-17/h3-9,12,17,25H,10-11,13H2,1-2H3,(H,24,26). The van der Waals surface area contributed by atoms with Crippen molar-refractivity contribution in [3.05, 3.63) is 64.0 Å². The van der Waals surface area contributed by atoms with Crippen LogP contribution >= 0.6 is 11.3 Å². The lowest BCUT2D eigenvalue weighted by molar-refractivity contribution is -0.115. The molecular formula is C22H23N3O3S2. The van der Waals surface area contributed by atoms with Crippen LogP contribution in [0.4, 0.5) is 5.69 Å². The van der Waals surface area contributed by atoms with Crippen molar-refractivity contribution in [1.82, 2.24) is 9.71 Å². The lowest BCUT2D eigenvalue weighted by atomic mass is 10.1. The zero-order valence-corrected chi connectivity index (χ0v) is 18.4. The van der Waals surface area contributed by atoms with Gasteiger partial charge in [-0.2, -0.15) is 0 Å². The van der Waals surface area contributed by atoms with Crippen LogP contribution in [0, 0.1) is 13.8 Å². The second kappa shape index (κ2) is 8.29. The Hall–Kier alpha value is -2.55. The third-order valence-corrected chi connectivity index (χ3v) is 7.27. The highest BCUT2D eigenvalue weighted by molar-refractivity contribution is 7.89. The Bertz CT molecular complexity index is 1180. The maximum absolute atomic E-state index is 12.7. The first-order valence-corrected chi connectivity index (χ1v) is 12.1. The van der Waals surface area contributed by atoms with Gasteiger partial charge in [0.05, 0.1) is 22.0 Å². The second-order valence-electron chi connectivity index (χ2n) is 7.52. The van der Waals surface area contributed by atoms with Gasteiger partial charge in [-0.3, -0.25) is 4.79 Å². The van der Waals surface area contributed by atoms with Crippen LogP contribution in [0.5, 0.6) is 0 Å². The van der Waals surface area contributed by atoms with Crippen LogP contribution in [0.3, 0.4) is 0 Å². The van der Waals surface area contributed by atoms with Gasteiger partial charge in [-0.1, -0.05) is 35.9 Å². The van der Waals surface area contributed by atoms with E-state index in [2.05, 4.69) is 15.0 Å². The van der Waals surface area contributed by atoms with E-state index in [-0.39, 0.29) is 23.3 Å². The summed E-state index contributed by atoms with van der Waals surface area (Å²) in [7, 11) is -3.57. The molecule has 0 aliphatic heterocycles. The first-order valence-electron chi connectivity index (χ1n) is 9.76. The highest BCUT2D eigenvalue weighted by Crippen LogP contribution is 2.29. The third-order valence-electron chi connectivity index (χ3n) is 4.78. The molecule has 3 aromatic rings. The van der Waals surface area contributed by atoms with Crippen LogP contribution in [-0.2, 0) is 21.2 Å². The van der Waals surface area contributed by atoms with Gasteiger partial charge in [0.25, 0.3) is 0 Å². The van der Waals surface area contributed by atoms with Crippen LogP contribution in [-0.4, -0.2) is 25.4 Å². The van der Waals surface area contributed by atoms with Gasteiger partial charge in [0.2, 0.25) is 15.9 Å². The second-order valence-corrected chi connectivity index (χ2v) is 10.5. The molecule has 1 amide bonds. The van der Waals surface area contributed by atoms with Crippen molar-refractivity contribution in [3.63, 3.8) is 0 Å². The van der Waals surface area contributed by atoms with E-state index in [9.17, 15) is 13.2 Å². The Balaban J connectivity index is 1.49. The van der Waals surface area contributed by atoms with Gasteiger partial charge in [-0.25, -0.2) is 18.1 Å². The summed E-state index contributed by atoms with van der Waals surface area (Å²) >= 11 is 1.50. The minimum Gasteiger partial charge on any atom is -0.326 e. The summed E-state index contributed by atoms with van der Waals surface area (Å²) < 4.78 is 27.5. The number of anilines is 1. The first-order chi connectivity index (χ1) is 14.3. The van der Waals surface area contributed by atoms with E-state index in [1.807, 2.05) is 38.1 Å². The Kier molecular flexibility index (Phi) is 5.73. The molecule has 0 spiro atoms. The highest BCUT2D eigenvalue weighted by atomic mass is 32.2. The number of rotatable bonds is 7. The molecule has 0 radical (unpaired) electrons. The summed E-state index contributed by atoms with van der Waals surface area (Å²) in [5, 5.41) is 3.71. The molecule has 1 heterocycles. The number of carbonyl (C=O) groups excluding carboxylic acids is 1. The molecule has 0 unspecified atom stereocenters. The van der Waals surface area contributed by atoms with E-state index in [1.54, 1.807) is 12.1 Å². The molecule has 1 aliphatic carbocycles. The summed E-state index contributed by atoms with van der Waals surface area (Å²) in [5.74, 6) is -0.211. The van der Waals surface area contributed by atoms with Crippen LogP contribution in [0.1, 0.15) is 28.3 Å². The number of aryl methyl sites for hydroxylation is 2. The van der Waals surface area contributed by atoms with Gasteiger partial charge in [0.1, 0.15) is 0 Å². The van der Waals surface area contributed by atoms with Gasteiger partial charge in [-0.15, -0.1) is 11.3 Å². The number of aromatic nitrogens is 1. The molecule has 4 rings (SSSR count). The van der Waals surface area contributed by atoms with E-state index in [0.29, 0.717) is 5.69 Å². The lowest BCUT2D eigenvalue weighted by Gasteiger charge is -2.09. The molecule has 30 heavy (non-hydrogen) atoms. The lowest BCUT2D eigenvalue weighted by Crippen LogP contribution is -2.25. The fraction of sp³-hybridized carbons (Fsp3) is 0.273. The summed E-state index contributed by atoms with van der Waals surface area (Å²) in [4.78, 5) is 18.3. The molecule has 1 aromatic heterocycles. The molecule has 1 fully saturated rings. The molecule has 0 saturated heterocycles. The maximum atomic E-state index is 12.7. The Morgan fingerprint density at radius 1 is 1.13 bits per heavy atom. The van der Waals surface area contributed by atoms with Crippen molar-refractivity contribution in [2.24, 2.45) is 0 Å². The zero-order chi connectivity index (χ0) is 21.3. The van der Waals surface area contributed by atoms with E-state index < -0.39 is 10.0 Å². The van der Waals surface area contributed by atoms with Gasteiger partial charge in [0.15, 0.2) is 0 Å². The van der Waals surface area contributed by atoms with E-state index in [0.717, 1.165) is 39.5 Å². The highest BCUT2D eigenvalue weighted by Gasteiger charge is 2.28. The van der Waals surface area contributed by atoms with Gasteiger partial charge in [0, 0.05) is 22.2 Å². The van der Waals surface area contributed by atoms with Gasteiger partial charge < -0.3 is 5.32 Å². The van der Waals surface area contributed by atoms with Crippen molar-refractivity contribution in [1.29, 1.82) is 0 Å². The molecule has 156 valence electrons. The minimum atomic E-state index is -3.57. The predicted octanol–water partition coefficient (Wildman–Crippen LogP) is 4.05. The maximum Gasteiger partial charge on any atom is 0.240 e. The number of carbonyl (C=O) groups is 1. The van der Waals surface area contributed by atoms with Crippen molar-refractivity contribution in [2.45, 2.75) is 44.0 Å². The summed E-state index contributed by atoms with van der Waals surface area (Å²) in [6.45, 7) is 3.95. The molecule has 0 bridgehead atoms. The Labute approximate surface area is 180 Å². The third kappa shape index (κ3) is 4.95. The number of benzene rings is 2. The predicted molar refractivity (Wildman–Crippen MR) is 119 cm³/mol. The molecule has 1 aliphatic rings. The van der Waals surface area contributed by atoms with Crippen molar-refractivity contribution in [3.8, 4) is 11.3 Å². The van der Waals surface area contributed by atoms with Crippen molar-refractivity contribution < 1.29 is 13.2 Å². The van der Waals surface area contributed by atoms with Crippen LogP contribution in [0.25, 0.3) is 11.3 Å². The zero-order valence-electron chi connectivity index (χ0n) is 16.8. The largest absolute Gasteiger partial charge is 0.326 e. The number of nitrogens with zero attached hydrogens (tertiary/aromatic N) is 1. The number of hydrogen-bond donors (Lipinski definition) is 2. The number of amides is 1. The van der Waals surface area contributed by atoms with Crippen LogP contribution in [0.2, 0.25) is 0 Å². The SMILES string of the molecule is Cc1ccc(-c2nc(C)sc2CC(=O)Nc2cccc(S(=O)(=O)NC3CC3)c2)cc1. The van der Waals surface area contributed by atoms with Crippen molar-refractivity contribution >= 4 is 33.0 Å². The monoisotopic (exact) mass is 441 g/mol. The minimum absolute atomic E-state index is 0.0306.